The van der Waals surface area contributed by atoms with E-state index in [1.165, 1.54) is 31.2 Å². The second kappa shape index (κ2) is 6.99. The van der Waals surface area contributed by atoms with Gasteiger partial charge in [-0.3, -0.25) is 4.79 Å². The first-order valence-corrected chi connectivity index (χ1v) is 8.15. The van der Waals surface area contributed by atoms with E-state index < -0.39 is 0 Å². The van der Waals surface area contributed by atoms with Crippen LogP contribution in [0.25, 0.3) is 0 Å². The Morgan fingerprint density at radius 1 is 1.32 bits per heavy atom. The van der Waals surface area contributed by atoms with Crippen molar-refractivity contribution in [2.75, 3.05) is 7.05 Å². The maximum atomic E-state index is 12.4. The van der Waals surface area contributed by atoms with Gasteiger partial charge in [0, 0.05) is 18.8 Å². The third-order valence-corrected chi connectivity index (χ3v) is 5.11. The molecule has 3 heteroatoms. The van der Waals surface area contributed by atoms with Crippen LogP contribution in [0.5, 0.6) is 0 Å². The van der Waals surface area contributed by atoms with E-state index in [1.54, 1.807) is 11.8 Å². The molecule has 0 spiro atoms. The lowest BCUT2D eigenvalue weighted by atomic mass is 10.2. The second-order valence-corrected chi connectivity index (χ2v) is 6.66. The third-order valence-electron chi connectivity index (χ3n) is 3.91. The molecule has 0 saturated heterocycles. The number of hydrogen-bond acceptors (Lipinski definition) is 2. The first-order valence-electron chi connectivity index (χ1n) is 7.10. The lowest BCUT2D eigenvalue weighted by molar-refractivity contribution is -0.130. The number of carbonyl (C=O) groups excluding carboxylic acids is 1. The maximum Gasteiger partial charge on any atom is 0.235 e. The van der Waals surface area contributed by atoms with E-state index in [2.05, 4.69) is 12.1 Å². The smallest absolute Gasteiger partial charge is 0.235 e. The average molecular weight is 277 g/mol. The first-order chi connectivity index (χ1) is 9.18. The minimum atomic E-state index is 0.0470. The Labute approximate surface area is 120 Å². The minimum absolute atomic E-state index is 0.0470. The fourth-order valence-electron chi connectivity index (χ4n) is 2.63. The highest BCUT2D eigenvalue weighted by Gasteiger charge is 2.26. The molecule has 1 atom stereocenters. The largest absolute Gasteiger partial charge is 0.342 e. The van der Waals surface area contributed by atoms with Gasteiger partial charge in [-0.2, -0.15) is 0 Å². The molecule has 19 heavy (non-hydrogen) atoms. The number of benzene rings is 1. The van der Waals surface area contributed by atoms with Crippen molar-refractivity contribution in [3.05, 3.63) is 35.9 Å². The lowest BCUT2D eigenvalue weighted by Gasteiger charge is -2.27. The molecule has 0 bridgehead atoms. The summed E-state index contributed by atoms with van der Waals surface area (Å²) in [7, 11) is 1.97. The highest BCUT2D eigenvalue weighted by Crippen LogP contribution is 2.25. The average Bonchev–Trinajstić information content (AvgIpc) is 2.98. The Balaban J connectivity index is 1.81. The minimum Gasteiger partial charge on any atom is -0.342 e. The number of thioether (sulfide) groups is 1. The molecule has 2 nitrogen and oxygen atoms in total. The molecule has 2 rings (SSSR count). The van der Waals surface area contributed by atoms with Crippen molar-refractivity contribution in [1.82, 2.24) is 4.90 Å². The Kier molecular flexibility index (Phi) is 5.32. The highest BCUT2D eigenvalue weighted by molar-refractivity contribution is 7.99. The zero-order chi connectivity index (χ0) is 13.7. The van der Waals surface area contributed by atoms with Gasteiger partial charge in [-0.05, 0) is 25.3 Å². The first kappa shape index (κ1) is 14.4. The number of amides is 1. The summed E-state index contributed by atoms with van der Waals surface area (Å²) in [6.45, 7) is 2.03. The van der Waals surface area contributed by atoms with E-state index in [9.17, 15) is 4.79 Å². The summed E-state index contributed by atoms with van der Waals surface area (Å²) in [5, 5.41) is 0.0470. The summed E-state index contributed by atoms with van der Waals surface area (Å²) in [6.07, 6.45) is 4.90. The van der Waals surface area contributed by atoms with Crippen molar-refractivity contribution in [3.63, 3.8) is 0 Å². The van der Waals surface area contributed by atoms with Crippen LogP contribution < -0.4 is 0 Å². The van der Waals surface area contributed by atoms with Gasteiger partial charge in [0.1, 0.15) is 0 Å². The standard InChI is InChI=1S/C16H23NOS/c1-13(19-12-14-8-4-3-5-9-14)16(18)17(2)15-10-6-7-11-15/h3-5,8-9,13,15H,6-7,10-12H2,1-2H3/t13-/m1/s1. The second-order valence-electron chi connectivity index (χ2n) is 5.33. The van der Waals surface area contributed by atoms with Crippen LogP contribution in [0.4, 0.5) is 0 Å². The van der Waals surface area contributed by atoms with Gasteiger partial charge in [-0.15, -0.1) is 11.8 Å². The van der Waals surface area contributed by atoms with Crippen LogP contribution in [0.1, 0.15) is 38.2 Å². The molecule has 1 fully saturated rings. The van der Waals surface area contributed by atoms with Crippen LogP contribution in [0.2, 0.25) is 0 Å². The maximum absolute atomic E-state index is 12.4. The van der Waals surface area contributed by atoms with E-state index >= 15 is 0 Å². The predicted octanol–water partition coefficient (Wildman–Crippen LogP) is 3.71. The molecule has 0 N–H and O–H groups in total. The molecule has 0 radical (unpaired) electrons. The van der Waals surface area contributed by atoms with Gasteiger partial charge in [0.25, 0.3) is 0 Å². The van der Waals surface area contributed by atoms with Gasteiger partial charge in [0.2, 0.25) is 5.91 Å². The Morgan fingerprint density at radius 3 is 2.58 bits per heavy atom. The fourth-order valence-corrected chi connectivity index (χ4v) is 3.57. The molecule has 1 aliphatic rings. The van der Waals surface area contributed by atoms with Gasteiger partial charge >= 0.3 is 0 Å². The molecule has 0 heterocycles. The molecule has 1 aliphatic carbocycles. The van der Waals surface area contributed by atoms with Gasteiger partial charge in [-0.1, -0.05) is 43.2 Å². The summed E-state index contributed by atoms with van der Waals surface area (Å²) in [5.41, 5.74) is 1.29. The summed E-state index contributed by atoms with van der Waals surface area (Å²) in [4.78, 5) is 14.3. The van der Waals surface area contributed by atoms with Gasteiger partial charge in [0.15, 0.2) is 0 Å². The van der Waals surface area contributed by atoms with E-state index in [-0.39, 0.29) is 11.2 Å². The lowest BCUT2D eigenvalue weighted by Crippen LogP contribution is -2.39. The van der Waals surface area contributed by atoms with E-state index in [0.29, 0.717) is 6.04 Å². The van der Waals surface area contributed by atoms with Crippen LogP contribution in [-0.4, -0.2) is 29.1 Å². The summed E-state index contributed by atoms with van der Waals surface area (Å²) in [6, 6.07) is 10.8. The molecule has 1 aromatic rings. The summed E-state index contributed by atoms with van der Waals surface area (Å²) >= 11 is 1.73. The quantitative estimate of drug-likeness (QED) is 0.817. The van der Waals surface area contributed by atoms with E-state index in [0.717, 1.165) is 5.75 Å². The molecule has 0 unspecified atom stereocenters. The van der Waals surface area contributed by atoms with Crippen LogP contribution in [0.15, 0.2) is 30.3 Å². The molecular weight excluding hydrogens is 254 g/mol. The van der Waals surface area contributed by atoms with Crippen LogP contribution in [0.3, 0.4) is 0 Å². The Morgan fingerprint density at radius 2 is 1.95 bits per heavy atom. The SMILES string of the molecule is C[C@@H](SCc1ccccc1)C(=O)N(C)C1CCCC1. The number of hydrogen-bond donors (Lipinski definition) is 0. The zero-order valence-electron chi connectivity index (χ0n) is 11.8. The van der Waals surface area contributed by atoms with E-state index in [1.807, 2.05) is 37.1 Å². The zero-order valence-corrected chi connectivity index (χ0v) is 12.7. The monoisotopic (exact) mass is 277 g/mol. The molecule has 0 aromatic heterocycles. The molecule has 0 aliphatic heterocycles. The predicted molar refractivity (Wildman–Crippen MR) is 82.2 cm³/mol. The highest BCUT2D eigenvalue weighted by atomic mass is 32.2. The topological polar surface area (TPSA) is 20.3 Å². The Bertz CT molecular complexity index is 400. The molecule has 104 valence electrons. The van der Waals surface area contributed by atoms with Crippen LogP contribution in [-0.2, 0) is 10.5 Å². The number of rotatable bonds is 5. The van der Waals surface area contributed by atoms with Crippen molar-refractivity contribution in [2.24, 2.45) is 0 Å². The number of carbonyl (C=O) groups is 1. The summed E-state index contributed by atoms with van der Waals surface area (Å²) in [5.74, 6) is 1.19. The van der Waals surface area contributed by atoms with Crippen molar-refractivity contribution >= 4 is 17.7 Å². The van der Waals surface area contributed by atoms with Gasteiger partial charge in [-0.25, -0.2) is 0 Å². The molecule has 1 aromatic carbocycles. The van der Waals surface area contributed by atoms with Crippen molar-refractivity contribution in [3.8, 4) is 0 Å². The van der Waals surface area contributed by atoms with Crippen molar-refractivity contribution < 1.29 is 4.79 Å². The molecule has 1 amide bonds. The molecular formula is C16H23NOS. The summed E-state index contributed by atoms with van der Waals surface area (Å²) < 4.78 is 0. The van der Waals surface area contributed by atoms with Crippen molar-refractivity contribution in [2.45, 2.75) is 49.7 Å². The number of nitrogens with zero attached hydrogens (tertiary/aromatic N) is 1. The van der Waals surface area contributed by atoms with Crippen molar-refractivity contribution in [1.29, 1.82) is 0 Å². The molecule has 1 saturated carbocycles. The normalized spacial score (nSPS) is 17.4. The van der Waals surface area contributed by atoms with Gasteiger partial charge in [0.05, 0.1) is 5.25 Å². The van der Waals surface area contributed by atoms with Crippen LogP contribution in [0, 0.1) is 0 Å². The fraction of sp³-hybridized carbons (Fsp3) is 0.562. The van der Waals surface area contributed by atoms with E-state index in [4.69, 9.17) is 0 Å². The van der Waals surface area contributed by atoms with Crippen LogP contribution >= 0.6 is 11.8 Å². The third kappa shape index (κ3) is 4.00. The Hall–Kier alpha value is -0.960. The van der Waals surface area contributed by atoms with Gasteiger partial charge < -0.3 is 4.90 Å².